The van der Waals surface area contributed by atoms with Gasteiger partial charge in [-0.2, -0.15) is 17.7 Å². The Hall–Kier alpha value is -3.33. The maximum atomic E-state index is 13.4. The molecule has 0 unspecified atom stereocenters. The molecule has 2 aromatic heterocycles. The van der Waals surface area contributed by atoms with Gasteiger partial charge in [0.1, 0.15) is 0 Å². The van der Waals surface area contributed by atoms with Crippen LogP contribution in [0.25, 0.3) is 16.6 Å². The summed E-state index contributed by atoms with van der Waals surface area (Å²) in [6.07, 6.45) is 0. The summed E-state index contributed by atoms with van der Waals surface area (Å²) in [7, 11) is -7.81. The van der Waals surface area contributed by atoms with E-state index >= 15 is 0 Å². The number of aromatic amines is 1. The number of H-pyrrole nitrogens is 1. The maximum absolute atomic E-state index is 13.4. The Kier molecular flexibility index (Phi) is 5.43. The number of nitrogens with zero attached hydrogens (tertiary/aromatic N) is 5. The first-order valence-corrected chi connectivity index (χ1v) is 13.7. The number of fused-ring (bicyclic) bond motifs is 3. The van der Waals surface area contributed by atoms with E-state index < -0.39 is 25.6 Å². The summed E-state index contributed by atoms with van der Waals surface area (Å²) >= 11 is 0. The molecule has 1 saturated heterocycles. The zero-order valence-electron chi connectivity index (χ0n) is 19.0. The predicted octanol–water partition coefficient (Wildman–Crippen LogP) is 0.346. The average molecular weight is 518 g/mol. The molecule has 184 valence electrons. The molecule has 5 rings (SSSR count). The molecule has 12 nitrogen and oxygen atoms in total. The van der Waals surface area contributed by atoms with Gasteiger partial charge in [0.2, 0.25) is 14.9 Å². The van der Waals surface area contributed by atoms with Crippen molar-refractivity contribution in [3.8, 4) is 0 Å². The smallest absolute Gasteiger partial charge is 0.281 e. The number of aromatic nitrogens is 4. The van der Waals surface area contributed by atoms with Gasteiger partial charge in [-0.1, -0.05) is 17.7 Å². The molecule has 0 saturated carbocycles. The number of sulfone groups is 1. The molecule has 0 radical (unpaired) electrons. The standard InChI is InChI=1S/C21H23N7O5S2/c1-13-3-6-18(14(2)11-13)34(30,31)21-19-23-20(29)16-5-4-15(12-17(16)28(19)25-24-21)26-7-9-27(10-8-26)35(22,32)33/h3-6,11-12,25H,7-10H2,1-2H3,(H2,22,32,33). The molecule has 0 atom stereocenters. The quantitative estimate of drug-likeness (QED) is 0.391. The SMILES string of the molecule is Cc1ccc(S(=O)(=O)c2n[nH]n3c2nc(=O)c2ccc(N4CCN(S(N)(=O)=O)CC4)cc23)c(C)c1. The van der Waals surface area contributed by atoms with Gasteiger partial charge in [-0.05, 0) is 43.7 Å². The lowest BCUT2D eigenvalue weighted by Gasteiger charge is -2.34. The molecule has 0 spiro atoms. The monoisotopic (exact) mass is 517 g/mol. The summed E-state index contributed by atoms with van der Waals surface area (Å²) in [5.41, 5.74) is 1.95. The normalized spacial score (nSPS) is 15.8. The third-order valence-corrected chi connectivity index (χ3v) is 9.06. The van der Waals surface area contributed by atoms with Crippen LogP contribution in [-0.2, 0) is 20.0 Å². The van der Waals surface area contributed by atoms with Gasteiger partial charge in [-0.3, -0.25) is 4.79 Å². The molecule has 1 aliphatic rings. The zero-order valence-corrected chi connectivity index (χ0v) is 20.6. The molecule has 14 heteroatoms. The van der Waals surface area contributed by atoms with E-state index in [2.05, 4.69) is 15.3 Å². The van der Waals surface area contributed by atoms with Crippen LogP contribution in [0.3, 0.4) is 0 Å². The van der Waals surface area contributed by atoms with E-state index in [0.29, 0.717) is 24.2 Å². The Morgan fingerprint density at radius 2 is 1.69 bits per heavy atom. The van der Waals surface area contributed by atoms with Crippen LogP contribution < -0.4 is 15.6 Å². The Morgan fingerprint density at radius 3 is 2.34 bits per heavy atom. The third-order valence-electron chi connectivity index (χ3n) is 6.15. The largest absolute Gasteiger partial charge is 0.369 e. The number of hydrogen-bond acceptors (Lipinski definition) is 8. The molecular formula is C21H23N7O5S2. The lowest BCUT2D eigenvalue weighted by Crippen LogP contribution is -2.50. The Labute approximate surface area is 201 Å². The molecule has 0 amide bonds. The fraction of sp³-hybridized carbons (Fsp3) is 0.286. The van der Waals surface area contributed by atoms with E-state index in [0.717, 1.165) is 11.3 Å². The Bertz CT molecular complexity index is 1750. The number of nitrogens with two attached hydrogens (primary N) is 1. The van der Waals surface area contributed by atoms with Gasteiger partial charge in [0.05, 0.1) is 15.8 Å². The first-order valence-electron chi connectivity index (χ1n) is 10.7. The number of aryl methyl sites for hydroxylation is 2. The minimum atomic E-state index is -4.06. The van der Waals surface area contributed by atoms with Crippen molar-refractivity contribution in [1.82, 2.24) is 24.1 Å². The van der Waals surface area contributed by atoms with Crippen LogP contribution in [0.15, 0.2) is 51.1 Å². The Balaban J connectivity index is 1.60. The lowest BCUT2D eigenvalue weighted by molar-refractivity contribution is 0.385. The minimum Gasteiger partial charge on any atom is -0.369 e. The van der Waals surface area contributed by atoms with Crippen LogP contribution in [0.2, 0.25) is 0 Å². The highest BCUT2D eigenvalue weighted by molar-refractivity contribution is 7.91. The second kappa shape index (κ2) is 8.12. The molecule has 1 aliphatic heterocycles. The summed E-state index contributed by atoms with van der Waals surface area (Å²) in [6, 6.07) is 10.1. The first-order chi connectivity index (χ1) is 16.5. The summed E-state index contributed by atoms with van der Waals surface area (Å²) in [4.78, 5) is 18.9. The highest BCUT2D eigenvalue weighted by atomic mass is 32.2. The van der Waals surface area contributed by atoms with Crippen molar-refractivity contribution in [2.24, 2.45) is 5.14 Å². The van der Waals surface area contributed by atoms with E-state index in [4.69, 9.17) is 5.14 Å². The number of nitrogens with one attached hydrogen (secondary N) is 1. The van der Waals surface area contributed by atoms with Crippen LogP contribution in [0.4, 0.5) is 5.69 Å². The van der Waals surface area contributed by atoms with Crippen molar-refractivity contribution in [2.45, 2.75) is 23.8 Å². The summed E-state index contributed by atoms with van der Waals surface area (Å²) < 4.78 is 52.6. The number of rotatable bonds is 4. The van der Waals surface area contributed by atoms with Crippen LogP contribution in [0.5, 0.6) is 0 Å². The minimum absolute atomic E-state index is 0.0907. The summed E-state index contributed by atoms with van der Waals surface area (Å²) in [5, 5.41) is 11.9. The summed E-state index contributed by atoms with van der Waals surface area (Å²) in [6.45, 7) is 4.83. The molecule has 0 aliphatic carbocycles. The topological polar surface area (TPSA) is 164 Å². The van der Waals surface area contributed by atoms with Gasteiger partial charge in [0, 0.05) is 31.9 Å². The van der Waals surface area contributed by atoms with Crippen molar-refractivity contribution in [2.75, 3.05) is 31.1 Å². The number of piperazine rings is 1. The van der Waals surface area contributed by atoms with Gasteiger partial charge < -0.3 is 4.90 Å². The van der Waals surface area contributed by atoms with Gasteiger partial charge >= 0.3 is 0 Å². The van der Waals surface area contributed by atoms with Crippen molar-refractivity contribution in [3.05, 3.63) is 57.9 Å². The van der Waals surface area contributed by atoms with Crippen LogP contribution in [0.1, 0.15) is 11.1 Å². The second-order valence-corrected chi connectivity index (χ2v) is 11.9. The average Bonchev–Trinajstić information content (AvgIpc) is 3.23. The van der Waals surface area contributed by atoms with Crippen LogP contribution >= 0.6 is 0 Å². The van der Waals surface area contributed by atoms with Crippen molar-refractivity contribution < 1.29 is 16.8 Å². The van der Waals surface area contributed by atoms with E-state index in [1.807, 2.05) is 11.8 Å². The van der Waals surface area contributed by atoms with E-state index in [1.165, 1.54) is 14.9 Å². The van der Waals surface area contributed by atoms with Crippen molar-refractivity contribution in [1.29, 1.82) is 0 Å². The van der Waals surface area contributed by atoms with E-state index in [9.17, 15) is 21.6 Å². The third kappa shape index (κ3) is 3.97. The fourth-order valence-electron chi connectivity index (χ4n) is 4.38. The molecule has 3 heterocycles. The van der Waals surface area contributed by atoms with Gasteiger partial charge in [-0.25, -0.2) is 23.3 Å². The predicted molar refractivity (Wildman–Crippen MR) is 129 cm³/mol. The van der Waals surface area contributed by atoms with E-state index in [-0.39, 0.29) is 34.0 Å². The van der Waals surface area contributed by atoms with Crippen molar-refractivity contribution >= 4 is 42.3 Å². The summed E-state index contributed by atoms with van der Waals surface area (Å²) in [5.74, 6) is 0. The number of benzene rings is 2. The van der Waals surface area contributed by atoms with Gasteiger partial charge in [-0.15, -0.1) is 5.10 Å². The molecule has 0 bridgehead atoms. The number of anilines is 1. The first kappa shape index (κ1) is 23.4. The fourth-order valence-corrected chi connectivity index (χ4v) is 6.53. The molecule has 2 aromatic carbocycles. The highest BCUT2D eigenvalue weighted by Gasteiger charge is 2.28. The van der Waals surface area contributed by atoms with Gasteiger partial charge in [0.15, 0.2) is 5.65 Å². The second-order valence-electron chi connectivity index (χ2n) is 8.50. The molecule has 35 heavy (non-hydrogen) atoms. The maximum Gasteiger partial charge on any atom is 0.281 e. The Morgan fingerprint density at radius 1 is 0.971 bits per heavy atom. The molecule has 1 fully saturated rings. The van der Waals surface area contributed by atoms with Crippen molar-refractivity contribution in [3.63, 3.8) is 0 Å². The molecule has 3 N–H and O–H groups in total. The zero-order chi connectivity index (χ0) is 25.1. The highest BCUT2D eigenvalue weighted by Crippen LogP contribution is 2.27. The lowest BCUT2D eigenvalue weighted by atomic mass is 10.2. The number of hydrogen-bond donors (Lipinski definition) is 2. The van der Waals surface area contributed by atoms with Crippen LogP contribution in [-0.4, -0.2) is 67.1 Å². The van der Waals surface area contributed by atoms with Crippen LogP contribution in [0, 0.1) is 13.8 Å². The van der Waals surface area contributed by atoms with E-state index in [1.54, 1.807) is 37.3 Å². The molecular weight excluding hydrogens is 494 g/mol. The van der Waals surface area contributed by atoms with Gasteiger partial charge in [0.25, 0.3) is 15.8 Å². The molecule has 4 aromatic rings.